The topological polar surface area (TPSA) is 80.5 Å². The molecule has 3 aromatic rings. The molecule has 2 N–H and O–H groups in total. The molecule has 0 unspecified atom stereocenters. The lowest BCUT2D eigenvalue weighted by atomic mass is 10.2. The number of ether oxygens (including phenoxy) is 1. The number of fused-ring (bicyclic) bond motifs is 1. The summed E-state index contributed by atoms with van der Waals surface area (Å²) in [5.41, 5.74) is 3.16. The third kappa shape index (κ3) is 3.15. The van der Waals surface area contributed by atoms with Gasteiger partial charge >= 0.3 is 0 Å². The normalized spacial score (nSPS) is 10.6. The molecule has 7 heteroatoms. The Labute approximate surface area is 139 Å². The molecule has 124 valence electrons. The van der Waals surface area contributed by atoms with Gasteiger partial charge in [-0.15, -0.1) is 5.10 Å². The molecule has 0 aliphatic rings. The van der Waals surface area contributed by atoms with Crippen molar-refractivity contribution in [3.63, 3.8) is 0 Å². The number of benzene rings is 1. The predicted molar refractivity (Wildman–Crippen MR) is 92.8 cm³/mol. The van der Waals surface area contributed by atoms with Crippen LogP contribution in [0, 0.1) is 6.92 Å². The fraction of sp³-hybridized carbons (Fsp3) is 0.235. The molecule has 1 amide bonds. The highest BCUT2D eigenvalue weighted by molar-refractivity contribution is 6.03. The van der Waals surface area contributed by atoms with Gasteiger partial charge in [-0.05, 0) is 49.7 Å². The first kappa shape index (κ1) is 15.8. The van der Waals surface area contributed by atoms with Gasteiger partial charge in [0.05, 0.1) is 19.0 Å². The summed E-state index contributed by atoms with van der Waals surface area (Å²) in [5, 5.41) is 10.3. The largest absolute Gasteiger partial charge is 0.497 e. The van der Waals surface area contributed by atoms with Crippen LogP contribution in [-0.2, 0) is 0 Å². The number of carbonyl (C=O) groups excluding carboxylic acids is 1. The lowest BCUT2D eigenvalue weighted by Crippen LogP contribution is -2.13. The minimum absolute atomic E-state index is 0.266. The van der Waals surface area contributed by atoms with Gasteiger partial charge < -0.3 is 10.1 Å². The van der Waals surface area contributed by atoms with Crippen LogP contribution in [0.1, 0.15) is 22.8 Å². The number of anilines is 2. The van der Waals surface area contributed by atoms with Gasteiger partial charge in [0.25, 0.3) is 5.91 Å². The van der Waals surface area contributed by atoms with E-state index < -0.39 is 0 Å². The SMILES string of the molecule is CCNc1cc(C)c2nc(NC(=O)c3ccc(OC)cc3)nn2c1. The number of nitrogens with one attached hydrogen (secondary N) is 2. The van der Waals surface area contributed by atoms with Crippen molar-refractivity contribution in [1.82, 2.24) is 14.6 Å². The fourth-order valence-electron chi connectivity index (χ4n) is 2.42. The van der Waals surface area contributed by atoms with E-state index in [2.05, 4.69) is 20.7 Å². The highest BCUT2D eigenvalue weighted by atomic mass is 16.5. The van der Waals surface area contributed by atoms with E-state index in [4.69, 9.17) is 4.74 Å². The van der Waals surface area contributed by atoms with Crippen molar-refractivity contribution in [3.05, 3.63) is 47.7 Å². The van der Waals surface area contributed by atoms with E-state index in [-0.39, 0.29) is 11.9 Å². The summed E-state index contributed by atoms with van der Waals surface area (Å²) in [6, 6.07) is 8.86. The van der Waals surface area contributed by atoms with Crippen LogP contribution in [0.3, 0.4) is 0 Å². The Balaban J connectivity index is 1.83. The van der Waals surface area contributed by atoms with Crippen LogP contribution in [0.25, 0.3) is 5.65 Å². The van der Waals surface area contributed by atoms with E-state index in [1.54, 1.807) is 35.9 Å². The minimum Gasteiger partial charge on any atom is -0.497 e. The molecule has 0 aliphatic carbocycles. The van der Waals surface area contributed by atoms with Crippen LogP contribution in [0.2, 0.25) is 0 Å². The zero-order valence-electron chi connectivity index (χ0n) is 13.8. The van der Waals surface area contributed by atoms with Crippen molar-refractivity contribution in [2.75, 3.05) is 24.3 Å². The van der Waals surface area contributed by atoms with Gasteiger partial charge in [0.2, 0.25) is 5.95 Å². The monoisotopic (exact) mass is 325 g/mol. The summed E-state index contributed by atoms with van der Waals surface area (Å²) in [6.07, 6.45) is 1.85. The van der Waals surface area contributed by atoms with Crippen LogP contribution < -0.4 is 15.4 Å². The van der Waals surface area contributed by atoms with Gasteiger partial charge in [-0.2, -0.15) is 4.98 Å². The first-order valence-corrected chi connectivity index (χ1v) is 7.67. The maximum absolute atomic E-state index is 12.3. The quantitative estimate of drug-likeness (QED) is 0.754. The highest BCUT2D eigenvalue weighted by Crippen LogP contribution is 2.17. The summed E-state index contributed by atoms with van der Waals surface area (Å²) in [7, 11) is 1.58. The van der Waals surface area contributed by atoms with Crippen molar-refractivity contribution >= 4 is 23.2 Å². The number of aromatic nitrogens is 3. The lowest BCUT2D eigenvalue weighted by molar-refractivity contribution is 0.102. The zero-order chi connectivity index (χ0) is 17.1. The molecule has 3 rings (SSSR count). The second-order valence-electron chi connectivity index (χ2n) is 5.33. The third-order valence-electron chi connectivity index (χ3n) is 3.58. The lowest BCUT2D eigenvalue weighted by Gasteiger charge is -2.04. The molecule has 2 heterocycles. The number of aryl methyl sites for hydroxylation is 1. The predicted octanol–water partition coefficient (Wildman–Crippen LogP) is 2.73. The molecule has 7 nitrogen and oxygen atoms in total. The van der Waals surface area contributed by atoms with E-state index >= 15 is 0 Å². The number of rotatable bonds is 5. The number of nitrogens with zero attached hydrogens (tertiary/aromatic N) is 3. The van der Waals surface area contributed by atoms with E-state index in [9.17, 15) is 4.79 Å². The number of amides is 1. The number of carbonyl (C=O) groups is 1. The van der Waals surface area contributed by atoms with Crippen molar-refractivity contribution in [3.8, 4) is 5.75 Å². The Morgan fingerprint density at radius 2 is 2.04 bits per heavy atom. The second-order valence-corrected chi connectivity index (χ2v) is 5.33. The van der Waals surface area contributed by atoms with Crippen LogP contribution >= 0.6 is 0 Å². The molecule has 0 spiro atoms. The maximum atomic E-state index is 12.3. The Bertz CT molecular complexity index is 871. The molecule has 0 fully saturated rings. The van der Waals surface area contributed by atoms with Crippen LogP contribution in [0.15, 0.2) is 36.5 Å². The maximum Gasteiger partial charge on any atom is 0.258 e. The van der Waals surface area contributed by atoms with E-state index in [1.807, 2.05) is 26.1 Å². The Morgan fingerprint density at radius 1 is 1.29 bits per heavy atom. The highest BCUT2D eigenvalue weighted by Gasteiger charge is 2.12. The van der Waals surface area contributed by atoms with Crippen molar-refractivity contribution in [2.45, 2.75) is 13.8 Å². The molecule has 0 saturated carbocycles. The first-order chi connectivity index (χ1) is 11.6. The van der Waals surface area contributed by atoms with Gasteiger partial charge in [-0.3, -0.25) is 10.1 Å². The smallest absolute Gasteiger partial charge is 0.258 e. The zero-order valence-corrected chi connectivity index (χ0v) is 13.8. The molecular weight excluding hydrogens is 306 g/mol. The standard InChI is InChI=1S/C17H19N5O2/c1-4-18-13-9-11(2)15-19-17(21-22(15)10-13)20-16(23)12-5-7-14(24-3)8-6-12/h5-10,18H,4H2,1-3H3,(H,20,21,23). The molecule has 0 radical (unpaired) electrons. The Hall–Kier alpha value is -3.09. The average molecular weight is 325 g/mol. The molecule has 0 atom stereocenters. The van der Waals surface area contributed by atoms with E-state index in [0.29, 0.717) is 17.0 Å². The average Bonchev–Trinajstić information content (AvgIpc) is 2.98. The molecule has 0 saturated heterocycles. The van der Waals surface area contributed by atoms with Crippen LogP contribution in [-0.4, -0.2) is 34.2 Å². The molecule has 1 aromatic carbocycles. The number of hydrogen-bond acceptors (Lipinski definition) is 5. The molecular formula is C17H19N5O2. The fourth-order valence-corrected chi connectivity index (χ4v) is 2.42. The van der Waals surface area contributed by atoms with Gasteiger partial charge in [-0.1, -0.05) is 0 Å². The molecule has 0 aliphatic heterocycles. The van der Waals surface area contributed by atoms with E-state index in [1.165, 1.54) is 0 Å². The second kappa shape index (κ2) is 6.57. The Morgan fingerprint density at radius 3 is 2.71 bits per heavy atom. The van der Waals surface area contributed by atoms with Crippen LogP contribution in [0.4, 0.5) is 11.6 Å². The van der Waals surface area contributed by atoms with Crippen molar-refractivity contribution in [2.24, 2.45) is 0 Å². The summed E-state index contributed by atoms with van der Waals surface area (Å²) in [4.78, 5) is 16.7. The van der Waals surface area contributed by atoms with Crippen LogP contribution in [0.5, 0.6) is 5.75 Å². The summed E-state index contributed by atoms with van der Waals surface area (Å²) in [6.45, 7) is 4.81. The summed E-state index contributed by atoms with van der Waals surface area (Å²) < 4.78 is 6.75. The number of pyridine rings is 1. The Kier molecular flexibility index (Phi) is 4.33. The third-order valence-corrected chi connectivity index (χ3v) is 3.58. The van der Waals surface area contributed by atoms with Gasteiger partial charge in [0.15, 0.2) is 5.65 Å². The van der Waals surface area contributed by atoms with Gasteiger partial charge in [0, 0.05) is 12.1 Å². The van der Waals surface area contributed by atoms with E-state index in [0.717, 1.165) is 17.8 Å². The minimum atomic E-state index is -0.266. The van der Waals surface area contributed by atoms with Gasteiger partial charge in [-0.25, -0.2) is 4.52 Å². The summed E-state index contributed by atoms with van der Waals surface area (Å²) in [5.74, 6) is 0.703. The molecule has 2 aromatic heterocycles. The van der Waals surface area contributed by atoms with Crippen molar-refractivity contribution < 1.29 is 9.53 Å². The summed E-state index contributed by atoms with van der Waals surface area (Å²) >= 11 is 0. The number of methoxy groups -OCH3 is 1. The van der Waals surface area contributed by atoms with Gasteiger partial charge in [0.1, 0.15) is 5.75 Å². The number of hydrogen-bond donors (Lipinski definition) is 2. The first-order valence-electron chi connectivity index (χ1n) is 7.67. The molecule has 24 heavy (non-hydrogen) atoms. The van der Waals surface area contributed by atoms with Crippen molar-refractivity contribution in [1.29, 1.82) is 0 Å². The molecule has 0 bridgehead atoms.